The Kier molecular flexibility index (Phi) is 7.72. The maximum Gasteiger partial charge on any atom is 0.416 e. The van der Waals surface area contributed by atoms with Crippen molar-refractivity contribution in [3.05, 3.63) is 64.7 Å². The molecule has 0 heterocycles. The average molecular weight is 458 g/mol. The smallest absolute Gasteiger partial charge is 0.333 e. The van der Waals surface area contributed by atoms with Gasteiger partial charge in [0.1, 0.15) is 0 Å². The molecule has 0 aliphatic rings. The Morgan fingerprint density at radius 2 is 1.74 bits per heavy atom. The molecule has 10 heteroatoms. The Balaban J connectivity index is 2.35. The number of amides is 1. The van der Waals surface area contributed by atoms with Crippen molar-refractivity contribution in [1.82, 2.24) is 9.80 Å². The maximum absolute atomic E-state index is 13.2. The molecule has 1 amide bonds. The normalized spacial score (nSPS) is 12.1. The van der Waals surface area contributed by atoms with E-state index in [0.29, 0.717) is 17.7 Å². The molecule has 0 saturated heterocycles. The number of sulfonamides is 1. The van der Waals surface area contributed by atoms with Crippen LogP contribution in [-0.2, 0) is 22.7 Å². The van der Waals surface area contributed by atoms with E-state index in [1.807, 2.05) is 19.0 Å². The number of carbonyl (C=O) groups is 1. The number of aryl methyl sites for hydroxylation is 1. The maximum atomic E-state index is 13.2. The third kappa shape index (κ3) is 7.55. The molecule has 0 unspecified atom stereocenters. The summed E-state index contributed by atoms with van der Waals surface area (Å²) in [7, 11) is 0.113. The Morgan fingerprint density at radius 1 is 1.06 bits per heavy atom. The van der Waals surface area contributed by atoms with Gasteiger partial charge in [-0.3, -0.25) is 9.52 Å². The number of likely N-dealkylation sites (N-methyl/N-ethyl adjacent to an activating group) is 1. The van der Waals surface area contributed by atoms with Crippen molar-refractivity contribution >= 4 is 21.6 Å². The Hall–Kier alpha value is -2.59. The predicted molar refractivity (Wildman–Crippen MR) is 114 cm³/mol. The third-order valence-corrected chi connectivity index (χ3v) is 5.10. The lowest BCUT2D eigenvalue weighted by Gasteiger charge is -2.25. The number of benzene rings is 2. The number of hydrogen-bond donors (Lipinski definition) is 1. The van der Waals surface area contributed by atoms with E-state index in [1.54, 1.807) is 19.1 Å². The number of hydrogen-bond acceptors (Lipinski definition) is 4. The highest BCUT2D eigenvalue weighted by molar-refractivity contribution is 7.92. The molecule has 0 spiro atoms. The minimum atomic E-state index is -4.47. The highest BCUT2D eigenvalue weighted by atomic mass is 32.2. The van der Waals surface area contributed by atoms with Crippen LogP contribution in [0.2, 0.25) is 0 Å². The van der Waals surface area contributed by atoms with Gasteiger partial charge in [0.25, 0.3) is 5.91 Å². The van der Waals surface area contributed by atoms with Crippen LogP contribution in [-0.4, -0.2) is 57.6 Å². The molecule has 0 atom stereocenters. The van der Waals surface area contributed by atoms with Crippen molar-refractivity contribution < 1.29 is 26.4 Å². The van der Waals surface area contributed by atoms with Crippen molar-refractivity contribution in [2.75, 3.05) is 38.2 Å². The number of carbonyl (C=O) groups excluding carboxylic acids is 1. The van der Waals surface area contributed by atoms with E-state index in [-0.39, 0.29) is 24.3 Å². The van der Waals surface area contributed by atoms with Gasteiger partial charge in [-0.15, -0.1) is 0 Å². The monoisotopic (exact) mass is 457 g/mol. The van der Waals surface area contributed by atoms with Gasteiger partial charge >= 0.3 is 6.18 Å². The molecule has 2 aromatic carbocycles. The van der Waals surface area contributed by atoms with Gasteiger partial charge in [-0.1, -0.05) is 18.2 Å². The fourth-order valence-electron chi connectivity index (χ4n) is 2.89. The summed E-state index contributed by atoms with van der Waals surface area (Å²) >= 11 is 0. The van der Waals surface area contributed by atoms with Crippen molar-refractivity contribution in [2.24, 2.45) is 0 Å². The van der Waals surface area contributed by atoms with Crippen LogP contribution in [0.25, 0.3) is 0 Å². The molecule has 0 fully saturated rings. The molecule has 2 rings (SSSR count). The lowest BCUT2D eigenvalue weighted by atomic mass is 10.1. The molecule has 170 valence electrons. The van der Waals surface area contributed by atoms with E-state index in [1.165, 1.54) is 23.1 Å². The van der Waals surface area contributed by atoms with Crippen molar-refractivity contribution in [1.29, 1.82) is 0 Å². The molecule has 0 radical (unpaired) electrons. The third-order valence-electron chi connectivity index (χ3n) is 4.51. The fraction of sp³-hybridized carbons (Fsp3) is 0.381. The second-order valence-corrected chi connectivity index (χ2v) is 9.38. The summed E-state index contributed by atoms with van der Waals surface area (Å²) in [5.74, 6) is -0.407. The molecule has 0 bridgehead atoms. The van der Waals surface area contributed by atoms with Crippen LogP contribution in [0.1, 0.15) is 27.0 Å². The van der Waals surface area contributed by atoms with Gasteiger partial charge in [-0.25, -0.2) is 8.42 Å². The van der Waals surface area contributed by atoms with Gasteiger partial charge in [0.2, 0.25) is 10.0 Å². The zero-order valence-corrected chi connectivity index (χ0v) is 18.6. The quantitative estimate of drug-likeness (QED) is 0.658. The van der Waals surface area contributed by atoms with E-state index in [0.717, 1.165) is 18.4 Å². The largest absolute Gasteiger partial charge is 0.416 e. The molecule has 0 saturated carbocycles. The molecule has 2 aromatic rings. The zero-order chi connectivity index (χ0) is 23.4. The first kappa shape index (κ1) is 24.7. The van der Waals surface area contributed by atoms with E-state index in [9.17, 15) is 26.4 Å². The van der Waals surface area contributed by atoms with E-state index in [2.05, 4.69) is 4.72 Å². The zero-order valence-electron chi connectivity index (χ0n) is 17.8. The first-order valence-electron chi connectivity index (χ1n) is 9.45. The standard InChI is InChI=1S/C21H26F3N3O3S/c1-15-8-9-17(13-19(15)25-31(4,29)30)20(28)27(11-10-26(2)3)14-16-6-5-7-18(12-16)21(22,23)24/h5-9,12-13,25H,10-11,14H2,1-4H3. The minimum absolute atomic E-state index is 0.0146. The summed E-state index contributed by atoms with van der Waals surface area (Å²) in [5, 5.41) is 0. The Bertz CT molecular complexity index is 1040. The molecule has 0 aliphatic heterocycles. The molecule has 31 heavy (non-hydrogen) atoms. The van der Waals surface area contributed by atoms with Crippen LogP contribution < -0.4 is 4.72 Å². The van der Waals surface area contributed by atoms with E-state index < -0.39 is 27.7 Å². The van der Waals surface area contributed by atoms with Crippen LogP contribution in [0, 0.1) is 6.92 Å². The number of nitrogens with zero attached hydrogens (tertiary/aromatic N) is 2. The molecular formula is C21H26F3N3O3S. The van der Waals surface area contributed by atoms with Gasteiger partial charge in [0.05, 0.1) is 17.5 Å². The Morgan fingerprint density at radius 3 is 2.32 bits per heavy atom. The van der Waals surface area contributed by atoms with E-state index >= 15 is 0 Å². The highest BCUT2D eigenvalue weighted by Gasteiger charge is 2.30. The van der Waals surface area contributed by atoms with Crippen molar-refractivity contribution in [2.45, 2.75) is 19.6 Å². The topological polar surface area (TPSA) is 69.7 Å². The predicted octanol–water partition coefficient (Wildman–Crippen LogP) is 3.59. The molecule has 6 nitrogen and oxygen atoms in total. The number of rotatable bonds is 8. The van der Waals surface area contributed by atoms with Crippen LogP contribution in [0.15, 0.2) is 42.5 Å². The fourth-order valence-corrected chi connectivity index (χ4v) is 3.51. The highest BCUT2D eigenvalue weighted by Crippen LogP contribution is 2.30. The molecule has 1 N–H and O–H groups in total. The van der Waals surface area contributed by atoms with Crippen LogP contribution in [0.5, 0.6) is 0 Å². The van der Waals surface area contributed by atoms with Crippen molar-refractivity contribution in [3.63, 3.8) is 0 Å². The van der Waals surface area contributed by atoms with Gasteiger partial charge < -0.3 is 9.80 Å². The SMILES string of the molecule is Cc1ccc(C(=O)N(CCN(C)C)Cc2cccc(C(F)(F)F)c2)cc1NS(C)(=O)=O. The van der Waals surface area contributed by atoms with Gasteiger partial charge in [-0.2, -0.15) is 13.2 Å². The van der Waals surface area contributed by atoms with Crippen LogP contribution in [0.4, 0.5) is 18.9 Å². The van der Waals surface area contributed by atoms with Gasteiger partial charge in [0.15, 0.2) is 0 Å². The second-order valence-electron chi connectivity index (χ2n) is 7.63. The number of nitrogens with one attached hydrogen (secondary N) is 1. The average Bonchev–Trinajstić information content (AvgIpc) is 2.64. The molecule has 0 aliphatic carbocycles. The Labute approximate surface area is 180 Å². The number of anilines is 1. The summed E-state index contributed by atoms with van der Waals surface area (Å²) < 4.78 is 64.7. The molecule has 0 aromatic heterocycles. The summed E-state index contributed by atoms with van der Waals surface area (Å²) in [6, 6.07) is 9.49. The van der Waals surface area contributed by atoms with Crippen LogP contribution >= 0.6 is 0 Å². The van der Waals surface area contributed by atoms with E-state index in [4.69, 9.17) is 0 Å². The van der Waals surface area contributed by atoms with Gasteiger partial charge in [-0.05, 0) is 56.4 Å². The molecular weight excluding hydrogens is 431 g/mol. The number of alkyl halides is 3. The van der Waals surface area contributed by atoms with Gasteiger partial charge in [0, 0.05) is 25.2 Å². The summed E-state index contributed by atoms with van der Waals surface area (Å²) in [4.78, 5) is 16.5. The van der Waals surface area contributed by atoms with Crippen molar-refractivity contribution in [3.8, 4) is 0 Å². The minimum Gasteiger partial charge on any atom is -0.333 e. The summed E-state index contributed by atoms with van der Waals surface area (Å²) in [6.07, 6.45) is -3.46. The lowest BCUT2D eigenvalue weighted by molar-refractivity contribution is -0.137. The second kappa shape index (κ2) is 9.69. The summed E-state index contributed by atoms with van der Waals surface area (Å²) in [6.45, 7) is 2.48. The van der Waals surface area contributed by atoms with Crippen LogP contribution in [0.3, 0.4) is 0 Å². The first-order chi connectivity index (χ1) is 14.3. The lowest BCUT2D eigenvalue weighted by Crippen LogP contribution is -2.36. The first-order valence-corrected chi connectivity index (χ1v) is 11.3. The summed E-state index contributed by atoms with van der Waals surface area (Å²) in [5.41, 5.74) is 0.727. The number of halogens is 3.